The quantitative estimate of drug-likeness (QED) is 0.534. The van der Waals surface area contributed by atoms with E-state index in [9.17, 15) is 4.79 Å². The Morgan fingerprint density at radius 2 is 1.84 bits per heavy atom. The van der Waals surface area contributed by atoms with Gasteiger partial charge < -0.3 is 17.7 Å². The first kappa shape index (κ1) is 22.5. The van der Waals surface area contributed by atoms with E-state index in [0.717, 1.165) is 29.8 Å². The lowest BCUT2D eigenvalue weighted by atomic mass is 9.75. The summed E-state index contributed by atoms with van der Waals surface area (Å²) in [6.45, 7) is 0.347. The van der Waals surface area contributed by atoms with E-state index < -0.39 is 0 Å². The van der Waals surface area contributed by atoms with Crippen molar-refractivity contribution in [3.63, 3.8) is 0 Å². The SMILES string of the molecule is O=C(C[n+]1cccc(-c2cc(C(c3ccccc3)C3CCCCC3)n[nH]2)c1)NC1CC1.[Cl-]. The molecule has 0 saturated heterocycles. The number of rotatable bonds is 7. The van der Waals surface area contributed by atoms with Crippen LogP contribution in [0.25, 0.3) is 11.3 Å². The van der Waals surface area contributed by atoms with Crippen molar-refractivity contribution in [1.29, 1.82) is 0 Å². The molecule has 0 spiro atoms. The third-order valence-corrected chi connectivity index (χ3v) is 6.63. The second kappa shape index (κ2) is 10.3. The highest BCUT2D eigenvalue weighted by Crippen LogP contribution is 2.40. The van der Waals surface area contributed by atoms with Crippen LogP contribution in [-0.2, 0) is 11.3 Å². The van der Waals surface area contributed by atoms with E-state index in [0.29, 0.717) is 24.4 Å². The number of aromatic amines is 1. The van der Waals surface area contributed by atoms with Gasteiger partial charge in [-0.05, 0) is 49.3 Å². The molecule has 1 amide bonds. The summed E-state index contributed by atoms with van der Waals surface area (Å²) in [5, 5.41) is 11.1. The summed E-state index contributed by atoms with van der Waals surface area (Å²) in [4.78, 5) is 12.2. The Hall–Kier alpha value is -2.66. The summed E-state index contributed by atoms with van der Waals surface area (Å²) in [7, 11) is 0. The van der Waals surface area contributed by atoms with Crippen molar-refractivity contribution in [3.8, 4) is 11.3 Å². The fraction of sp³-hybridized carbons (Fsp3) is 0.423. The van der Waals surface area contributed by atoms with Crippen LogP contribution in [0.1, 0.15) is 62.1 Å². The van der Waals surface area contributed by atoms with E-state index in [1.807, 2.05) is 23.0 Å². The average molecular weight is 451 g/mol. The van der Waals surface area contributed by atoms with Crippen LogP contribution in [-0.4, -0.2) is 22.1 Å². The fourth-order valence-electron chi connectivity index (χ4n) is 4.90. The number of nitrogens with one attached hydrogen (secondary N) is 2. The van der Waals surface area contributed by atoms with Gasteiger partial charge in [-0.15, -0.1) is 0 Å². The van der Waals surface area contributed by atoms with Crippen LogP contribution >= 0.6 is 0 Å². The number of hydrogen-bond donors (Lipinski definition) is 2. The van der Waals surface area contributed by atoms with Crippen molar-refractivity contribution in [3.05, 3.63) is 72.2 Å². The Labute approximate surface area is 196 Å². The summed E-state index contributed by atoms with van der Waals surface area (Å²) < 4.78 is 1.95. The minimum Gasteiger partial charge on any atom is -1.00 e. The Balaban J connectivity index is 0.00000245. The summed E-state index contributed by atoms with van der Waals surface area (Å²) in [6, 6.07) is 17.5. The third kappa shape index (κ3) is 5.39. The molecule has 32 heavy (non-hydrogen) atoms. The predicted molar refractivity (Wildman–Crippen MR) is 120 cm³/mol. The van der Waals surface area contributed by atoms with Gasteiger partial charge in [0.15, 0.2) is 12.4 Å². The van der Waals surface area contributed by atoms with E-state index in [4.69, 9.17) is 5.10 Å². The van der Waals surface area contributed by atoms with Gasteiger partial charge in [-0.2, -0.15) is 9.67 Å². The number of halogens is 1. The van der Waals surface area contributed by atoms with Gasteiger partial charge in [-0.1, -0.05) is 49.6 Å². The maximum Gasteiger partial charge on any atom is 0.286 e. The van der Waals surface area contributed by atoms with Crippen molar-refractivity contribution >= 4 is 5.91 Å². The van der Waals surface area contributed by atoms with Gasteiger partial charge in [0.05, 0.1) is 17.0 Å². The van der Waals surface area contributed by atoms with Gasteiger partial charge in [0.25, 0.3) is 5.91 Å². The van der Waals surface area contributed by atoms with Crippen LogP contribution in [0.3, 0.4) is 0 Å². The normalized spacial score (nSPS) is 17.4. The molecule has 2 fully saturated rings. The molecular formula is C26H31ClN4O. The Bertz CT molecular complexity index is 1030. The Kier molecular flexibility index (Phi) is 7.26. The lowest BCUT2D eigenvalue weighted by molar-refractivity contribution is -0.684. The zero-order valence-electron chi connectivity index (χ0n) is 18.3. The lowest BCUT2D eigenvalue weighted by Crippen LogP contribution is -3.00. The highest BCUT2D eigenvalue weighted by atomic mass is 35.5. The number of hydrogen-bond acceptors (Lipinski definition) is 2. The molecule has 6 heteroatoms. The van der Waals surface area contributed by atoms with Crippen molar-refractivity contribution in [2.45, 2.75) is 63.5 Å². The van der Waals surface area contributed by atoms with Gasteiger partial charge in [0.2, 0.25) is 6.54 Å². The molecule has 2 aliphatic rings. The third-order valence-electron chi connectivity index (χ3n) is 6.63. The molecule has 2 heterocycles. The maximum atomic E-state index is 12.2. The van der Waals surface area contributed by atoms with Crippen molar-refractivity contribution in [2.24, 2.45) is 5.92 Å². The number of H-pyrrole nitrogens is 1. The van der Waals surface area contributed by atoms with E-state index in [1.165, 1.54) is 37.7 Å². The van der Waals surface area contributed by atoms with E-state index >= 15 is 0 Å². The average Bonchev–Trinajstić information content (AvgIpc) is 3.48. The van der Waals surface area contributed by atoms with Gasteiger partial charge in [-0.25, -0.2) is 0 Å². The fourth-order valence-corrected chi connectivity index (χ4v) is 4.90. The second-order valence-corrected chi connectivity index (χ2v) is 9.10. The molecule has 1 unspecified atom stereocenters. The van der Waals surface area contributed by atoms with E-state index in [2.05, 4.69) is 52.9 Å². The van der Waals surface area contributed by atoms with Crippen molar-refractivity contribution < 1.29 is 21.8 Å². The minimum absolute atomic E-state index is 0. The summed E-state index contributed by atoms with van der Waals surface area (Å²) in [5.74, 6) is 1.04. The number of carbonyl (C=O) groups is 1. The molecule has 2 aromatic heterocycles. The highest BCUT2D eigenvalue weighted by Gasteiger charge is 2.29. The number of aromatic nitrogens is 3. The molecule has 0 aliphatic heterocycles. The molecule has 0 radical (unpaired) electrons. The molecule has 1 atom stereocenters. The summed E-state index contributed by atoms with van der Waals surface area (Å²) in [5.41, 5.74) is 4.53. The first-order valence-corrected chi connectivity index (χ1v) is 11.7. The largest absolute Gasteiger partial charge is 1.00 e. The minimum atomic E-state index is 0. The van der Waals surface area contributed by atoms with Crippen LogP contribution in [0, 0.1) is 5.92 Å². The Morgan fingerprint density at radius 1 is 1.06 bits per heavy atom. The number of carbonyl (C=O) groups excluding carboxylic acids is 1. The first-order chi connectivity index (χ1) is 15.3. The number of amides is 1. The van der Waals surface area contributed by atoms with Crippen LogP contribution in [0.4, 0.5) is 0 Å². The molecule has 1 aromatic carbocycles. The van der Waals surface area contributed by atoms with Crippen molar-refractivity contribution in [1.82, 2.24) is 15.5 Å². The maximum absolute atomic E-state index is 12.2. The smallest absolute Gasteiger partial charge is 0.286 e. The van der Waals surface area contributed by atoms with E-state index in [-0.39, 0.29) is 18.3 Å². The molecule has 2 aliphatic carbocycles. The molecule has 2 saturated carbocycles. The number of nitrogens with zero attached hydrogens (tertiary/aromatic N) is 2. The monoisotopic (exact) mass is 450 g/mol. The summed E-state index contributed by atoms with van der Waals surface area (Å²) in [6.07, 6.45) is 12.7. The number of pyridine rings is 1. The zero-order chi connectivity index (χ0) is 21.0. The molecule has 0 bridgehead atoms. The van der Waals surface area contributed by atoms with E-state index in [1.54, 1.807) is 0 Å². The predicted octanol–water partition coefficient (Wildman–Crippen LogP) is 1.36. The standard InChI is InChI=1S/C26H30N4O.ClH/c31-25(27-22-13-14-22)18-30-15-7-12-21(17-30)23-16-24(29-28-23)26(19-8-3-1-4-9-19)20-10-5-2-6-11-20;/h1,3-4,7-9,12,15-17,20,22,26H,2,5-6,10-11,13-14,18H2,(H-,27,28,29,31);1H. The Morgan fingerprint density at radius 3 is 2.59 bits per heavy atom. The highest BCUT2D eigenvalue weighted by molar-refractivity contribution is 5.75. The van der Waals surface area contributed by atoms with Crippen LogP contribution in [0.15, 0.2) is 60.9 Å². The van der Waals surface area contributed by atoms with Gasteiger partial charge in [0, 0.05) is 18.0 Å². The molecule has 168 valence electrons. The molecule has 3 aromatic rings. The van der Waals surface area contributed by atoms with Crippen LogP contribution < -0.4 is 22.3 Å². The number of benzene rings is 1. The topological polar surface area (TPSA) is 61.7 Å². The first-order valence-electron chi connectivity index (χ1n) is 11.7. The van der Waals surface area contributed by atoms with Crippen LogP contribution in [0.5, 0.6) is 0 Å². The van der Waals surface area contributed by atoms with Crippen molar-refractivity contribution in [2.75, 3.05) is 0 Å². The van der Waals surface area contributed by atoms with Gasteiger partial charge >= 0.3 is 0 Å². The van der Waals surface area contributed by atoms with Gasteiger partial charge in [0.1, 0.15) is 0 Å². The van der Waals surface area contributed by atoms with Gasteiger partial charge in [-0.3, -0.25) is 9.89 Å². The summed E-state index contributed by atoms with van der Waals surface area (Å²) >= 11 is 0. The molecule has 2 N–H and O–H groups in total. The van der Waals surface area contributed by atoms with Crippen LogP contribution in [0.2, 0.25) is 0 Å². The molecule has 5 nitrogen and oxygen atoms in total. The zero-order valence-corrected chi connectivity index (χ0v) is 19.1. The molecular weight excluding hydrogens is 420 g/mol. The second-order valence-electron chi connectivity index (χ2n) is 9.10. The molecule has 5 rings (SSSR count). The lowest BCUT2D eigenvalue weighted by Gasteiger charge is -2.29.